The van der Waals surface area contributed by atoms with Crippen LogP contribution in [0.1, 0.15) is 25.8 Å². The van der Waals surface area contributed by atoms with E-state index in [4.69, 9.17) is 0 Å². The Morgan fingerprint density at radius 2 is 2.16 bits per heavy atom. The first-order valence-electron chi connectivity index (χ1n) is 6.24. The Morgan fingerprint density at radius 3 is 2.68 bits per heavy atom. The van der Waals surface area contributed by atoms with Gasteiger partial charge < -0.3 is 10.6 Å². The van der Waals surface area contributed by atoms with Gasteiger partial charge in [0.1, 0.15) is 0 Å². The number of non-ortho nitro benzene ring substituents is 1. The highest BCUT2D eigenvalue weighted by atomic mass is 16.6. The Labute approximate surface area is 112 Å². The van der Waals surface area contributed by atoms with E-state index in [2.05, 4.69) is 17.6 Å². The predicted octanol–water partition coefficient (Wildman–Crippen LogP) is 1.86. The van der Waals surface area contributed by atoms with Crippen LogP contribution in [0.4, 0.5) is 11.4 Å². The van der Waals surface area contributed by atoms with Crippen molar-refractivity contribution in [3.8, 4) is 0 Å². The summed E-state index contributed by atoms with van der Waals surface area (Å²) >= 11 is 0. The second-order valence-electron chi connectivity index (χ2n) is 4.42. The first-order chi connectivity index (χ1) is 8.95. The van der Waals surface area contributed by atoms with Crippen LogP contribution in [0.5, 0.6) is 0 Å². The van der Waals surface area contributed by atoms with Crippen molar-refractivity contribution in [3.05, 3.63) is 33.9 Å². The zero-order chi connectivity index (χ0) is 14.4. The van der Waals surface area contributed by atoms with Gasteiger partial charge in [-0.2, -0.15) is 0 Å². The lowest BCUT2D eigenvalue weighted by molar-refractivity contribution is -0.384. The zero-order valence-electron chi connectivity index (χ0n) is 11.3. The van der Waals surface area contributed by atoms with Gasteiger partial charge in [-0.15, -0.1) is 0 Å². The van der Waals surface area contributed by atoms with E-state index in [0.717, 1.165) is 31.5 Å². The predicted molar refractivity (Wildman–Crippen MR) is 74.2 cm³/mol. The number of hydrogen-bond donors (Lipinski definition) is 1. The molecule has 1 aromatic carbocycles. The molecule has 1 heterocycles. The molecule has 0 atom stereocenters. The Hall–Kier alpha value is -2.11. The number of anilines is 1. The molecule has 19 heavy (non-hydrogen) atoms. The van der Waals surface area contributed by atoms with E-state index in [9.17, 15) is 14.9 Å². The number of carbonyl (C=O) groups excluding carboxylic acids is 1. The minimum Gasteiger partial charge on any atom is -0.371 e. The van der Waals surface area contributed by atoms with Crippen molar-refractivity contribution in [2.24, 2.45) is 5.73 Å². The molecule has 1 aromatic rings. The maximum atomic E-state index is 10.6. The monoisotopic (exact) mass is 265 g/mol. The van der Waals surface area contributed by atoms with Gasteiger partial charge in [0.2, 0.25) is 5.91 Å². The van der Waals surface area contributed by atoms with Gasteiger partial charge in [0.25, 0.3) is 5.69 Å². The lowest BCUT2D eigenvalue weighted by Crippen LogP contribution is -2.20. The number of nitro groups is 1. The number of nitrogens with two attached hydrogens (primary N) is 1. The summed E-state index contributed by atoms with van der Waals surface area (Å²) in [4.78, 5) is 21.8. The molecule has 2 rings (SSSR count). The first kappa shape index (κ1) is 14.9. The third kappa shape index (κ3) is 4.24. The second kappa shape index (κ2) is 6.72. The number of amides is 1. The van der Waals surface area contributed by atoms with Crippen LogP contribution in [0.2, 0.25) is 0 Å². The molecule has 0 aliphatic carbocycles. The maximum absolute atomic E-state index is 10.6. The fourth-order valence-electron chi connectivity index (χ4n) is 2.07. The molecule has 0 spiro atoms. The van der Waals surface area contributed by atoms with E-state index < -0.39 is 0 Å². The van der Waals surface area contributed by atoms with Crippen molar-refractivity contribution >= 4 is 17.3 Å². The summed E-state index contributed by atoms with van der Waals surface area (Å²) in [6.07, 6.45) is 2.04. The summed E-state index contributed by atoms with van der Waals surface area (Å²) < 4.78 is 0. The summed E-state index contributed by atoms with van der Waals surface area (Å²) in [5.74, 6) is -0.333. The highest BCUT2D eigenvalue weighted by molar-refractivity contribution is 5.70. The average molecular weight is 265 g/mol. The normalized spacial score (nSPS) is 12.4. The van der Waals surface area contributed by atoms with Crippen molar-refractivity contribution in [2.75, 3.05) is 18.0 Å². The Kier molecular flexibility index (Phi) is 5.29. The summed E-state index contributed by atoms with van der Waals surface area (Å²) in [6.45, 7) is 5.47. The lowest BCUT2D eigenvalue weighted by Gasteiger charge is -2.17. The number of hydrogen-bond acceptors (Lipinski definition) is 4. The second-order valence-corrected chi connectivity index (χ2v) is 4.42. The van der Waals surface area contributed by atoms with Gasteiger partial charge in [0.15, 0.2) is 0 Å². The molecule has 1 aliphatic heterocycles. The number of primary amides is 1. The molecule has 6 heteroatoms. The highest BCUT2D eigenvalue weighted by Gasteiger charge is 2.20. The van der Waals surface area contributed by atoms with Gasteiger partial charge in [-0.05, 0) is 24.5 Å². The molecule has 0 saturated heterocycles. The third-order valence-corrected chi connectivity index (χ3v) is 2.76. The van der Waals surface area contributed by atoms with E-state index in [-0.39, 0.29) is 16.5 Å². The quantitative estimate of drug-likeness (QED) is 0.667. The molecule has 6 nitrogen and oxygen atoms in total. The minimum atomic E-state index is -0.333. The number of carbonyl (C=O) groups is 1. The van der Waals surface area contributed by atoms with Crippen LogP contribution >= 0.6 is 0 Å². The number of benzene rings is 1. The van der Waals surface area contributed by atoms with Crippen molar-refractivity contribution in [1.82, 2.24) is 0 Å². The van der Waals surface area contributed by atoms with Gasteiger partial charge in [0.05, 0.1) is 4.92 Å². The van der Waals surface area contributed by atoms with E-state index in [1.165, 1.54) is 12.6 Å². The van der Waals surface area contributed by atoms with Gasteiger partial charge in [-0.1, -0.05) is 6.92 Å². The van der Waals surface area contributed by atoms with Crippen LogP contribution in [0.3, 0.4) is 0 Å². The zero-order valence-corrected chi connectivity index (χ0v) is 11.3. The van der Waals surface area contributed by atoms with Crippen molar-refractivity contribution in [3.63, 3.8) is 0 Å². The Morgan fingerprint density at radius 1 is 1.53 bits per heavy atom. The molecule has 0 fully saturated rings. The summed E-state index contributed by atoms with van der Waals surface area (Å²) in [5, 5.41) is 10.6. The number of nitro benzene ring substituents is 1. The van der Waals surface area contributed by atoms with E-state index >= 15 is 0 Å². The van der Waals surface area contributed by atoms with E-state index in [0.29, 0.717) is 0 Å². The fraction of sp³-hybridized carbons (Fsp3) is 0.462. The fourth-order valence-corrected chi connectivity index (χ4v) is 2.07. The molecule has 1 amide bonds. The van der Waals surface area contributed by atoms with Gasteiger partial charge in [0, 0.05) is 37.8 Å². The van der Waals surface area contributed by atoms with E-state index in [1.807, 2.05) is 6.07 Å². The van der Waals surface area contributed by atoms with Crippen LogP contribution in [0, 0.1) is 10.1 Å². The van der Waals surface area contributed by atoms with Crippen LogP contribution in [0.15, 0.2) is 18.2 Å². The smallest absolute Gasteiger partial charge is 0.269 e. The van der Waals surface area contributed by atoms with Gasteiger partial charge >= 0.3 is 0 Å². The summed E-state index contributed by atoms with van der Waals surface area (Å²) in [6, 6.07) is 5.16. The molecule has 0 aromatic heterocycles. The lowest BCUT2D eigenvalue weighted by atomic mass is 10.1. The molecule has 104 valence electrons. The molecular weight excluding hydrogens is 246 g/mol. The molecule has 2 N–H and O–H groups in total. The molecule has 0 saturated carbocycles. The van der Waals surface area contributed by atoms with Crippen LogP contribution in [-0.2, 0) is 11.2 Å². The SMILES string of the molecule is CC(N)=O.CCCN1CCc2cc([N+](=O)[O-])ccc21. The summed E-state index contributed by atoms with van der Waals surface area (Å²) in [7, 11) is 0. The van der Waals surface area contributed by atoms with Crippen molar-refractivity contribution in [1.29, 1.82) is 0 Å². The van der Waals surface area contributed by atoms with Gasteiger partial charge in [-0.3, -0.25) is 14.9 Å². The first-order valence-corrected chi connectivity index (χ1v) is 6.24. The average Bonchev–Trinajstić information content (AvgIpc) is 2.71. The topological polar surface area (TPSA) is 89.5 Å². The van der Waals surface area contributed by atoms with Crippen LogP contribution in [-0.4, -0.2) is 23.9 Å². The van der Waals surface area contributed by atoms with Crippen LogP contribution in [0.25, 0.3) is 0 Å². The van der Waals surface area contributed by atoms with Gasteiger partial charge in [-0.25, -0.2) is 0 Å². The van der Waals surface area contributed by atoms with Crippen molar-refractivity contribution < 1.29 is 9.72 Å². The largest absolute Gasteiger partial charge is 0.371 e. The maximum Gasteiger partial charge on any atom is 0.269 e. The third-order valence-electron chi connectivity index (χ3n) is 2.76. The standard InChI is InChI=1S/C11H14N2O2.C2H5NO/c1-2-6-12-7-5-9-8-10(13(14)15)3-4-11(9)12;1-2(3)4/h3-4,8H,2,5-7H2,1H3;1H3,(H2,3,4). The van der Waals surface area contributed by atoms with Crippen molar-refractivity contribution in [2.45, 2.75) is 26.7 Å². The summed E-state index contributed by atoms with van der Waals surface area (Å²) in [5.41, 5.74) is 6.95. The molecule has 1 aliphatic rings. The molecule has 0 unspecified atom stereocenters. The Bertz CT molecular complexity index is 470. The molecule has 0 radical (unpaired) electrons. The Balaban J connectivity index is 0.000000399. The van der Waals surface area contributed by atoms with E-state index in [1.54, 1.807) is 12.1 Å². The highest BCUT2D eigenvalue weighted by Crippen LogP contribution is 2.30. The molecular formula is C13H19N3O3. The van der Waals surface area contributed by atoms with Crippen LogP contribution < -0.4 is 10.6 Å². The number of nitrogens with zero attached hydrogens (tertiary/aromatic N) is 2. The number of rotatable bonds is 3. The minimum absolute atomic E-state index is 0.201. The number of fused-ring (bicyclic) bond motifs is 1. The molecule has 0 bridgehead atoms.